The van der Waals surface area contributed by atoms with Gasteiger partial charge in [0.15, 0.2) is 0 Å². The van der Waals surface area contributed by atoms with Crippen molar-refractivity contribution in [2.45, 2.75) is 6.92 Å². The lowest BCUT2D eigenvalue weighted by molar-refractivity contribution is -0.129. The number of rotatable bonds is 5. The van der Waals surface area contributed by atoms with Crippen LogP contribution in [0.4, 0.5) is 5.69 Å². The van der Waals surface area contributed by atoms with Crippen molar-refractivity contribution < 1.29 is 9.59 Å². The average molecular weight is 343 g/mol. The Hall–Kier alpha value is -2.59. The van der Waals surface area contributed by atoms with Gasteiger partial charge in [-0.15, -0.1) is 0 Å². The third-order valence-electron chi connectivity index (χ3n) is 3.50. The van der Waals surface area contributed by atoms with Crippen molar-refractivity contribution in [1.29, 1.82) is 0 Å². The zero-order chi connectivity index (χ0) is 17.5. The molecule has 24 heavy (non-hydrogen) atoms. The predicted octanol–water partition coefficient (Wildman–Crippen LogP) is 3.76. The minimum absolute atomic E-state index is 0.0534. The van der Waals surface area contributed by atoms with E-state index in [-0.39, 0.29) is 18.4 Å². The molecule has 2 rings (SSSR count). The summed E-state index contributed by atoms with van der Waals surface area (Å²) in [6, 6.07) is 14.7. The van der Waals surface area contributed by atoms with Crippen molar-refractivity contribution in [2.24, 2.45) is 0 Å². The monoisotopic (exact) mass is 342 g/mol. The molecule has 2 aromatic rings. The molecule has 0 unspecified atom stereocenters. The maximum Gasteiger partial charge on any atom is 0.246 e. The number of amides is 2. The molecule has 124 valence electrons. The fourth-order valence-corrected chi connectivity index (χ4v) is 2.29. The fraction of sp³-hybridized carbons (Fsp3) is 0.158. The topological polar surface area (TPSA) is 49.4 Å². The molecule has 0 saturated heterocycles. The van der Waals surface area contributed by atoms with Crippen LogP contribution >= 0.6 is 11.6 Å². The second-order valence-electron chi connectivity index (χ2n) is 5.41. The second kappa shape index (κ2) is 8.31. The number of aryl methyl sites for hydroxylation is 1. The van der Waals surface area contributed by atoms with Gasteiger partial charge in [-0.2, -0.15) is 0 Å². The normalized spacial score (nSPS) is 10.6. The van der Waals surface area contributed by atoms with E-state index in [0.29, 0.717) is 10.7 Å². The van der Waals surface area contributed by atoms with Crippen LogP contribution in [0.3, 0.4) is 0 Å². The number of nitrogens with zero attached hydrogens (tertiary/aromatic N) is 1. The van der Waals surface area contributed by atoms with Crippen molar-refractivity contribution in [3.05, 3.63) is 70.8 Å². The van der Waals surface area contributed by atoms with Crippen molar-refractivity contribution >= 4 is 35.2 Å². The molecule has 5 heteroatoms. The highest BCUT2D eigenvalue weighted by molar-refractivity contribution is 6.33. The van der Waals surface area contributed by atoms with E-state index in [4.69, 9.17) is 11.6 Å². The van der Waals surface area contributed by atoms with Gasteiger partial charge in [-0.25, -0.2) is 0 Å². The maximum atomic E-state index is 12.1. The molecular weight excluding hydrogens is 324 g/mol. The van der Waals surface area contributed by atoms with Gasteiger partial charge in [0.1, 0.15) is 0 Å². The molecular formula is C19H19ClN2O2. The standard InChI is InChI=1S/C19H19ClN2O2/c1-14-7-3-4-8-15(14)11-12-19(24)22(2)13-18(23)21-17-10-6-5-9-16(17)20/h3-12H,13H2,1-2H3,(H,21,23)/b12-11+. The molecule has 2 aromatic carbocycles. The molecule has 4 nitrogen and oxygen atoms in total. The molecule has 0 fully saturated rings. The SMILES string of the molecule is Cc1ccccc1/C=C/C(=O)N(C)CC(=O)Nc1ccccc1Cl. The van der Waals surface area contributed by atoms with Crippen LogP contribution in [0.15, 0.2) is 54.6 Å². The summed E-state index contributed by atoms with van der Waals surface area (Å²) in [6.07, 6.45) is 3.21. The van der Waals surface area contributed by atoms with Crippen LogP contribution in [0.25, 0.3) is 6.08 Å². The van der Waals surface area contributed by atoms with E-state index < -0.39 is 0 Å². The summed E-state index contributed by atoms with van der Waals surface area (Å²) >= 11 is 5.99. The molecule has 0 aliphatic rings. The van der Waals surface area contributed by atoms with E-state index >= 15 is 0 Å². The summed E-state index contributed by atoms with van der Waals surface area (Å²) in [5.41, 5.74) is 2.58. The zero-order valence-electron chi connectivity index (χ0n) is 13.6. The number of nitrogens with one attached hydrogen (secondary N) is 1. The number of anilines is 1. The first kappa shape index (κ1) is 17.8. The van der Waals surface area contributed by atoms with E-state index in [1.165, 1.54) is 11.0 Å². The van der Waals surface area contributed by atoms with Gasteiger partial charge in [0.25, 0.3) is 0 Å². The molecule has 0 radical (unpaired) electrons. The highest BCUT2D eigenvalue weighted by Gasteiger charge is 2.11. The molecule has 0 aromatic heterocycles. The number of halogens is 1. The molecule has 0 aliphatic heterocycles. The Kier molecular flexibility index (Phi) is 6.15. The highest BCUT2D eigenvalue weighted by atomic mass is 35.5. The average Bonchev–Trinajstić information content (AvgIpc) is 2.56. The van der Waals surface area contributed by atoms with Gasteiger partial charge >= 0.3 is 0 Å². The molecule has 0 bridgehead atoms. The molecule has 0 aliphatic carbocycles. The number of para-hydroxylation sites is 1. The quantitative estimate of drug-likeness (QED) is 0.841. The van der Waals surface area contributed by atoms with Gasteiger partial charge in [-0.05, 0) is 36.3 Å². The Balaban J connectivity index is 1.93. The molecule has 0 saturated carbocycles. The molecule has 0 atom stereocenters. The number of likely N-dealkylation sites (N-methyl/N-ethyl adjacent to an activating group) is 1. The lowest BCUT2D eigenvalue weighted by Gasteiger charge is -2.15. The first-order valence-corrected chi connectivity index (χ1v) is 7.88. The van der Waals surface area contributed by atoms with E-state index in [9.17, 15) is 9.59 Å². The van der Waals surface area contributed by atoms with Crippen LogP contribution in [-0.4, -0.2) is 30.3 Å². The second-order valence-corrected chi connectivity index (χ2v) is 5.82. The van der Waals surface area contributed by atoms with Crippen LogP contribution < -0.4 is 5.32 Å². The summed E-state index contributed by atoms with van der Waals surface area (Å²) in [5.74, 6) is -0.546. The fourth-order valence-electron chi connectivity index (χ4n) is 2.11. The van der Waals surface area contributed by atoms with Gasteiger partial charge in [-0.3, -0.25) is 9.59 Å². The van der Waals surface area contributed by atoms with Gasteiger partial charge < -0.3 is 10.2 Å². The van der Waals surface area contributed by atoms with Crippen LogP contribution in [0.2, 0.25) is 5.02 Å². The Morgan fingerprint density at radius 1 is 1.12 bits per heavy atom. The van der Waals surface area contributed by atoms with Crippen molar-refractivity contribution in [3.8, 4) is 0 Å². The number of hydrogen-bond donors (Lipinski definition) is 1. The summed E-state index contributed by atoms with van der Waals surface area (Å²) < 4.78 is 0. The van der Waals surface area contributed by atoms with Crippen LogP contribution in [0, 0.1) is 6.92 Å². The van der Waals surface area contributed by atoms with Gasteiger partial charge in [0.2, 0.25) is 11.8 Å². The predicted molar refractivity (Wildman–Crippen MR) is 97.9 cm³/mol. The van der Waals surface area contributed by atoms with E-state index in [1.807, 2.05) is 31.2 Å². The zero-order valence-corrected chi connectivity index (χ0v) is 14.4. The van der Waals surface area contributed by atoms with Crippen molar-refractivity contribution in [3.63, 3.8) is 0 Å². The number of carbonyl (C=O) groups is 2. The number of benzene rings is 2. The van der Waals surface area contributed by atoms with Crippen LogP contribution in [0.5, 0.6) is 0 Å². The van der Waals surface area contributed by atoms with Crippen LogP contribution in [0.1, 0.15) is 11.1 Å². The first-order valence-electron chi connectivity index (χ1n) is 7.50. The minimum Gasteiger partial charge on any atom is -0.333 e. The molecule has 0 heterocycles. The Morgan fingerprint density at radius 3 is 2.50 bits per heavy atom. The maximum absolute atomic E-state index is 12.1. The third-order valence-corrected chi connectivity index (χ3v) is 3.83. The number of carbonyl (C=O) groups excluding carboxylic acids is 2. The van der Waals surface area contributed by atoms with Gasteiger partial charge in [0, 0.05) is 13.1 Å². The minimum atomic E-state index is -0.303. The Bertz CT molecular complexity index is 771. The summed E-state index contributed by atoms with van der Waals surface area (Å²) in [6.45, 7) is 1.92. The van der Waals surface area contributed by atoms with E-state index in [1.54, 1.807) is 37.4 Å². The third kappa shape index (κ3) is 4.96. The first-order chi connectivity index (χ1) is 11.5. The summed E-state index contributed by atoms with van der Waals surface area (Å²) in [4.78, 5) is 25.5. The number of hydrogen-bond acceptors (Lipinski definition) is 2. The highest BCUT2D eigenvalue weighted by Crippen LogP contribution is 2.20. The van der Waals surface area contributed by atoms with Gasteiger partial charge in [-0.1, -0.05) is 48.0 Å². The van der Waals surface area contributed by atoms with E-state index in [0.717, 1.165) is 11.1 Å². The largest absolute Gasteiger partial charge is 0.333 e. The molecule has 2 amide bonds. The van der Waals surface area contributed by atoms with E-state index in [2.05, 4.69) is 5.32 Å². The summed E-state index contributed by atoms with van der Waals surface area (Å²) in [5, 5.41) is 3.15. The molecule has 0 spiro atoms. The lowest BCUT2D eigenvalue weighted by Crippen LogP contribution is -2.33. The molecule has 1 N–H and O–H groups in total. The van der Waals surface area contributed by atoms with Crippen molar-refractivity contribution in [1.82, 2.24) is 4.90 Å². The Labute approximate surface area is 146 Å². The smallest absolute Gasteiger partial charge is 0.246 e. The van der Waals surface area contributed by atoms with Gasteiger partial charge in [0.05, 0.1) is 17.3 Å². The summed E-state index contributed by atoms with van der Waals surface area (Å²) in [7, 11) is 1.58. The van der Waals surface area contributed by atoms with Crippen LogP contribution in [-0.2, 0) is 9.59 Å². The lowest BCUT2D eigenvalue weighted by atomic mass is 10.1. The van der Waals surface area contributed by atoms with Crippen molar-refractivity contribution in [2.75, 3.05) is 18.9 Å². The Morgan fingerprint density at radius 2 is 1.79 bits per heavy atom.